The average molecular weight is 414 g/mol. The maximum Gasteiger partial charge on any atom is 0.0593 e. The van der Waals surface area contributed by atoms with Crippen LogP contribution < -0.4 is 0 Å². The van der Waals surface area contributed by atoms with Crippen LogP contribution in [0.3, 0.4) is 0 Å². The molecule has 2 fully saturated rings. The molecule has 0 amide bonds. The molecule has 0 radical (unpaired) electrons. The summed E-state index contributed by atoms with van der Waals surface area (Å²) in [6, 6.07) is 26.4. The van der Waals surface area contributed by atoms with Gasteiger partial charge >= 0.3 is 0 Å². The van der Waals surface area contributed by atoms with Crippen molar-refractivity contribution in [2.24, 2.45) is 0 Å². The first-order valence-corrected chi connectivity index (χ1v) is 11.5. The molecule has 0 aliphatic carbocycles. The van der Waals surface area contributed by atoms with E-state index in [2.05, 4.69) is 81.5 Å². The normalized spacial score (nSPS) is 24.6. The summed E-state index contributed by atoms with van der Waals surface area (Å²) < 4.78 is 0. The highest BCUT2D eigenvalue weighted by Crippen LogP contribution is 2.42. The van der Waals surface area contributed by atoms with E-state index in [1.54, 1.807) is 0 Å². The maximum absolute atomic E-state index is 10.2. The molecule has 2 aliphatic heterocycles. The Hall–Kier alpha value is -2.53. The van der Waals surface area contributed by atoms with Gasteiger partial charge in [0.2, 0.25) is 0 Å². The number of aliphatic hydroxyl groups excluding tert-OH is 1. The fourth-order valence-corrected chi connectivity index (χ4v) is 5.40. The second-order valence-electron chi connectivity index (χ2n) is 8.83. The van der Waals surface area contributed by atoms with Crippen LogP contribution in [0.5, 0.6) is 0 Å². The van der Waals surface area contributed by atoms with Crippen molar-refractivity contribution in [2.75, 3.05) is 26.2 Å². The first-order valence-electron chi connectivity index (χ1n) is 11.5. The van der Waals surface area contributed by atoms with Gasteiger partial charge in [0.15, 0.2) is 0 Å². The molecule has 5 rings (SSSR count). The van der Waals surface area contributed by atoms with Gasteiger partial charge in [-0.25, -0.2) is 0 Å². The third kappa shape index (κ3) is 4.29. The van der Waals surface area contributed by atoms with E-state index in [1.165, 1.54) is 29.5 Å². The number of rotatable bonds is 5. The van der Waals surface area contributed by atoms with Gasteiger partial charge in [-0.2, -0.15) is 0 Å². The van der Waals surface area contributed by atoms with E-state index < -0.39 is 0 Å². The summed E-state index contributed by atoms with van der Waals surface area (Å²) >= 11 is 0. The zero-order valence-electron chi connectivity index (χ0n) is 18.0. The summed E-state index contributed by atoms with van der Waals surface area (Å²) in [5.74, 6) is 0.374. The highest BCUT2D eigenvalue weighted by atomic mass is 16.3. The Balaban J connectivity index is 1.36. The summed E-state index contributed by atoms with van der Waals surface area (Å²) in [6.07, 6.45) is 4.27. The fourth-order valence-electron chi connectivity index (χ4n) is 5.40. The molecule has 3 atom stereocenters. The van der Waals surface area contributed by atoms with Crippen LogP contribution in [0.2, 0.25) is 0 Å². The van der Waals surface area contributed by atoms with Gasteiger partial charge in [0.25, 0.3) is 0 Å². The Morgan fingerprint density at radius 2 is 1.58 bits per heavy atom. The highest BCUT2D eigenvalue weighted by Gasteiger charge is 2.49. The standard InChI is InChI=1S/C27H31N3O/c31-20-26-27(23-13-11-22(12-14-23)21-8-2-1-3-9-21)25-19-29(16-6-7-17-30(25)26)18-24-10-4-5-15-28-24/h1-5,8-15,25-27,31H,6-7,16-20H2/t25-,26+,27+/m0/s1. The number of nitrogens with zero attached hydrogens (tertiary/aromatic N) is 3. The van der Waals surface area contributed by atoms with Crippen molar-refractivity contribution in [2.45, 2.75) is 37.4 Å². The van der Waals surface area contributed by atoms with E-state index in [-0.39, 0.29) is 12.6 Å². The molecule has 0 saturated carbocycles. The predicted octanol–water partition coefficient (Wildman–Crippen LogP) is 4.17. The second kappa shape index (κ2) is 9.31. The maximum atomic E-state index is 10.2. The molecule has 3 aromatic rings. The number of hydrogen-bond donors (Lipinski definition) is 1. The van der Waals surface area contributed by atoms with Crippen molar-refractivity contribution in [1.82, 2.24) is 14.8 Å². The summed E-state index contributed by atoms with van der Waals surface area (Å²) in [6.45, 7) is 4.35. The quantitative estimate of drug-likeness (QED) is 0.681. The van der Waals surface area contributed by atoms with E-state index in [0.29, 0.717) is 12.0 Å². The highest BCUT2D eigenvalue weighted by molar-refractivity contribution is 5.63. The van der Waals surface area contributed by atoms with Crippen LogP contribution in [0, 0.1) is 0 Å². The Morgan fingerprint density at radius 3 is 2.32 bits per heavy atom. The minimum atomic E-state index is 0.224. The van der Waals surface area contributed by atoms with E-state index >= 15 is 0 Å². The largest absolute Gasteiger partial charge is 0.395 e. The predicted molar refractivity (Wildman–Crippen MR) is 125 cm³/mol. The molecule has 1 aromatic heterocycles. The van der Waals surface area contributed by atoms with Crippen LogP contribution in [0.15, 0.2) is 79.0 Å². The van der Waals surface area contributed by atoms with Crippen molar-refractivity contribution >= 4 is 0 Å². The van der Waals surface area contributed by atoms with Crippen molar-refractivity contribution in [1.29, 1.82) is 0 Å². The summed E-state index contributed by atoms with van der Waals surface area (Å²) in [5.41, 5.74) is 4.97. The van der Waals surface area contributed by atoms with Gasteiger partial charge < -0.3 is 5.11 Å². The van der Waals surface area contributed by atoms with E-state index in [0.717, 1.165) is 31.9 Å². The fraction of sp³-hybridized carbons (Fsp3) is 0.370. The SMILES string of the molecule is OC[C@@H]1[C@H](c2ccc(-c3ccccc3)cc2)[C@@H]2CN(Cc3ccccn3)CCCCN12. The van der Waals surface area contributed by atoms with Gasteiger partial charge in [0.05, 0.1) is 12.3 Å². The van der Waals surface area contributed by atoms with Gasteiger partial charge in [0, 0.05) is 37.3 Å². The van der Waals surface area contributed by atoms with Crippen molar-refractivity contribution in [3.05, 3.63) is 90.3 Å². The molecule has 2 aromatic carbocycles. The summed E-state index contributed by atoms with van der Waals surface area (Å²) in [4.78, 5) is 9.64. The van der Waals surface area contributed by atoms with Crippen molar-refractivity contribution < 1.29 is 5.11 Å². The van der Waals surface area contributed by atoms with E-state index in [1.807, 2.05) is 12.3 Å². The van der Waals surface area contributed by atoms with Gasteiger partial charge in [0.1, 0.15) is 0 Å². The van der Waals surface area contributed by atoms with Gasteiger partial charge in [-0.1, -0.05) is 60.7 Å². The monoisotopic (exact) mass is 413 g/mol. The number of aromatic nitrogens is 1. The molecule has 3 heterocycles. The lowest BCUT2D eigenvalue weighted by Gasteiger charge is -2.57. The van der Waals surface area contributed by atoms with Gasteiger partial charge in [-0.3, -0.25) is 14.8 Å². The lowest BCUT2D eigenvalue weighted by atomic mass is 9.74. The number of aliphatic hydroxyl groups is 1. The minimum absolute atomic E-state index is 0.224. The van der Waals surface area contributed by atoms with E-state index in [9.17, 15) is 5.11 Å². The first kappa shape index (κ1) is 20.4. The van der Waals surface area contributed by atoms with Gasteiger partial charge in [-0.05, 0) is 54.8 Å². The second-order valence-corrected chi connectivity index (χ2v) is 8.83. The molecule has 0 unspecified atom stereocenters. The minimum Gasteiger partial charge on any atom is -0.395 e. The molecular formula is C27H31N3O. The molecule has 1 N–H and O–H groups in total. The lowest BCUT2D eigenvalue weighted by molar-refractivity contribution is -0.0656. The molecular weight excluding hydrogens is 382 g/mol. The Labute approximate surface area is 185 Å². The molecule has 0 bridgehead atoms. The zero-order valence-corrected chi connectivity index (χ0v) is 18.0. The molecule has 4 heteroatoms. The smallest absolute Gasteiger partial charge is 0.0593 e. The van der Waals surface area contributed by atoms with Crippen LogP contribution in [-0.2, 0) is 6.54 Å². The lowest BCUT2D eigenvalue weighted by Crippen LogP contribution is -2.67. The number of hydrogen-bond acceptors (Lipinski definition) is 4. The zero-order chi connectivity index (χ0) is 21.0. The molecule has 31 heavy (non-hydrogen) atoms. The molecule has 0 spiro atoms. The Kier molecular flexibility index (Phi) is 6.12. The number of benzene rings is 2. The van der Waals surface area contributed by atoms with E-state index in [4.69, 9.17) is 0 Å². The Bertz CT molecular complexity index is 961. The van der Waals surface area contributed by atoms with Crippen molar-refractivity contribution in [3.63, 3.8) is 0 Å². The number of pyridine rings is 1. The number of fused-ring (bicyclic) bond motifs is 1. The average Bonchev–Trinajstić information content (AvgIpc) is 2.81. The first-order chi connectivity index (χ1) is 15.3. The molecule has 4 nitrogen and oxygen atoms in total. The molecule has 2 aliphatic rings. The Morgan fingerprint density at radius 1 is 0.839 bits per heavy atom. The summed E-state index contributed by atoms with van der Waals surface area (Å²) in [7, 11) is 0. The topological polar surface area (TPSA) is 39.6 Å². The van der Waals surface area contributed by atoms with Crippen LogP contribution >= 0.6 is 0 Å². The third-order valence-electron chi connectivity index (χ3n) is 6.97. The van der Waals surface area contributed by atoms with Crippen LogP contribution in [0.1, 0.15) is 30.0 Å². The van der Waals surface area contributed by atoms with Crippen molar-refractivity contribution in [3.8, 4) is 11.1 Å². The third-order valence-corrected chi connectivity index (χ3v) is 6.97. The van der Waals surface area contributed by atoms with Crippen LogP contribution in [-0.4, -0.2) is 58.2 Å². The summed E-state index contributed by atoms with van der Waals surface area (Å²) in [5, 5.41) is 10.2. The van der Waals surface area contributed by atoms with Crippen LogP contribution in [0.25, 0.3) is 11.1 Å². The van der Waals surface area contributed by atoms with Crippen LogP contribution in [0.4, 0.5) is 0 Å². The molecule has 160 valence electrons. The van der Waals surface area contributed by atoms with Gasteiger partial charge in [-0.15, -0.1) is 0 Å². The molecule has 2 saturated heterocycles.